The van der Waals surface area contributed by atoms with Crippen LogP contribution in [0.5, 0.6) is 0 Å². The molecule has 0 N–H and O–H groups in total. The Morgan fingerprint density at radius 3 is 1.91 bits per heavy atom. The Labute approximate surface area is 86.7 Å². The van der Waals surface area contributed by atoms with Crippen LogP contribution in [-0.4, -0.2) is 24.4 Å². The molecule has 0 aliphatic carbocycles. The molecule has 11 heavy (non-hydrogen) atoms. The third kappa shape index (κ3) is 5.16. The van der Waals surface area contributed by atoms with E-state index in [4.69, 9.17) is 0 Å². The first-order valence-electron chi connectivity index (χ1n) is 5.18. The zero-order valence-electron chi connectivity index (χ0n) is 8.74. The molecular formula is C10H23In. The molecule has 0 aromatic rings. The van der Waals surface area contributed by atoms with E-state index in [-0.39, 0.29) is 0 Å². The van der Waals surface area contributed by atoms with Crippen LogP contribution < -0.4 is 0 Å². The molecule has 0 fully saturated rings. The van der Waals surface area contributed by atoms with Crippen LogP contribution in [0.3, 0.4) is 0 Å². The van der Waals surface area contributed by atoms with E-state index in [0.717, 1.165) is 27.5 Å². The Kier molecular flexibility index (Phi) is 6.90. The minimum atomic E-state index is 0.844. The molecule has 0 saturated heterocycles. The number of hydrogen-bond donors (Lipinski definition) is 0. The topological polar surface area (TPSA) is 0 Å². The Morgan fingerprint density at radius 2 is 1.55 bits per heavy atom. The van der Waals surface area contributed by atoms with Crippen LogP contribution in [0.15, 0.2) is 0 Å². The van der Waals surface area contributed by atoms with Gasteiger partial charge in [0.2, 0.25) is 0 Å². The first kappa shape index (κ1) is 11.9. The van der Waals surface area contributed by atoms with E-state index in [2.05, 4.69) is 20.8 Å². The molecule has 0 nitrogen and oxygen atoms in total. The van der Waals surface area contributed by atoms with Gasteiger partial charge < -0.3 is 0 Å². The summed E-state index contributed by atoms with van der Waals surface area (Å²) in [6, 6.07) is 0. The van der Waals surface area contributed by atoms with E-state index >= 15 is 0 Å². The fourth-order valence-corrected chi connectivity index (χ4v) is 2.41. The average molecular weight is 258 g/mol. The van der Waals surface area contributed by atoms with Crippen LogP contribution in [0.1, 0.15) is 59.3 Å². The molecule has 0 saturated carbocycles. The molecule has 0 bridgehead atoms. The summed E-state index contributed by atoms with van der Waals surface area (Å²) in [6.45, 7) is 7.03. The number of hydrogen-bond acceptors (Lipinski definition) is 0. The minimum absolute atomic E-state index is 0.844. The summed E-state index contributed by atoms with van der Waals surface area (Å²) in [4.78, 5) is 0. The summed E-state index contributed by atoms with van der Waals surface area (Å²) in [5.41, 5.74) is 0. The van der Waals surface area contributed by atoms with Gasteiger partial charge in [-0.1, -0.05) is 0 Å². The van der Waals surface area contributed by atoms with E-state index in [1.165, 1.54) is 38.5 Å². The summed E-state index contributed by atoms with van der Waals surface area (Å²) in [5.74, 6) is 0. The first-order valence-corrected chi connectivity index (χ1v) is 8.04. The van der Waals surface area contributed by atoms with Crippen LogP contribution in [0.4, 0.5) is 0 Å². The van der Waals surface area contributed by atoms with Crippen LogP contribution in [0, 0.1) is 0 Å². The standard InChI is InChI=1S/C10H21.In.2H/c1-4-7-8-9-10(5-2)6-3;;;/h4-9H2,1-3H3;;;. The van der Waals surface area contributed by atoms with Crippen molar-refractivity contribution in [2.45, 2.75) is 62.5 Å². The molecule has 0 spiro atoms. The Hall–Kier alpha value is 0.870. The second-order valence-corrected chi connectivity index (χ2v) is 10.0. The normalized spacial score (nSPS) is 11.9. The fraction of sp³-hybridized carbons (Fsp3) is 1.00. The summed E-state index contributed by atoms with van der Waals surface area (Å²) in [7, 11) is 0. The molecule has 0 atom stereocenters. The van der Waals surface area contributed by atoms with Gasteiger partial charge in [0.25, 0.3) is 0 Å². The SMILES string of the molecule is CCCCC[C]([InH2])(CC)CC. The Balaban J connectivity index is 3.51. The van der Waals surface area contributed by atoms with Crippen LogP contribution >= 0.6 is 0 Å². The van der Waals surface area contributed by atoms with Crippen molar-refractivity contribution in [2.75, 3.05) is 0 Å². The monoisotopic (exact) mass is 258 g/mol. The van der Waals surface area contributed by atoms with Gasteiger partial charge in [-0.15, -0.1) is 0 Å². The Morgan fingerprint density at radius 1 is 1.00 bits per heavy atom. The maximum atomic E-state index is 2.37. The van der Waals surface area contributed by atoms with E-state index < -0.39 is 0 Å². The third-order valence-corrected chi connectivity index (χ3v) is 8.55. The van der Waals surface area contributed by atoms with Crippen molar-refractivity contribution >= 4 is 24.4 Å². The summed E-state index contributed by atoms with van der Waals surface area (Å²) < 4.78 is 0.844. The van der Waals surface area contributed by atoms with Crippen molar-refractivity contribution < 1.29 is 0 Å². The number of unbranched alkanes of at least 4 members (excludes halogenated alkanes) is 2. The quantitative estimate of drug-likeness (QED) is 0.642. The molecule has 0 aliphatic rings. The summed E-state index contributed by atoms with van der Waals surface area (Å²) in [6.07, 6.45) is 8.68. The summed E-state index contributed by atoms with van der Waals surface area (Å²) >= 11 is 0.858. The summed E-state index contributed by atoms with van der Waals surface area (Å²) in [5, 5.41) is 0. The molecule has 0 aromatic heterocycles. The zero-order valence-corrected chi connectivity index (χ0v) is 14.5. The van der Waals surface area contributed by atoms with Crippen molar-refractivity contribution in [2.24, 2.45) is 0 Å². The first-order chi connectivity index (χ1) is 5.18. The van der Waals surface area contributed by atoms with Crippen LogP contribution in [0.25, 0.3) is 0 Å². The van der Waals surface area contributed by atoms with E-state index in [1.54, 1.807) is 0 Å². The third-order valence-electron chi connectivity index (χ3n) is 3.09. The van der Waals surface area contributed by atoms with Crippen LogP contribution in [0.2, 0.25) is 3.17 Å². The maximum absolute atomic E-state index is 2.37. The molecule has 0 amide bonds. The van der Waals surface area contributed by atoms with Gasteiger partial charge in [-0.05, 0) is 0 Å². The molecule has 0 unspecified atom stereocenters. The molecular weight excluding hydrogens is 235 g/mol. The fourth-order valence-electron chi connectivity index (χ4n) is 1.41. The van der Waals surface area contributed by atoms with E-state index in [1.807, 2.05) is 0 Å². The molecule has 0 radical (unpaired) electrons. The van der Waals surface area contributed by atoms with E-state index in [0.29, 0.717) is 0 Å². The molecule has 0 rings (SSSR count). The molecule has 0 aromatic carbocycles. The second kappa shape index (κ2) is 6.39. The van der Waals surface area contributed by atoms with Gasteiger partial charge in [-0.3, -0.25) is 0 Å². The van der Waals surface area contributed by atoms with Crippen molar-refractivity contribution in [1.29, 1.82) is 0 Å². The van der Waals surface area contributed by atoms with Gasteiger partial charge in [0.05, 0.1) is 0 Å². The molecule has 66 valence electrons. The van der Waals surface area contributed by atoms with Gasteiger partial charge in [0, 0.05) is 0 Å². The van der Waals surface area contributed by atoms with Gasteiger partial charge in [0.1, 0.15) is 0 Å². The van der Waals surface area contributed by atoms with Gasteiger partial charge in [-0.25, -0.2) is 0 Å². The van der Waals surface area contributed by atoms with Crippen molar-refractivity contribution in [1.82, 2.24) is 0 Å². The predicted molar refractivity (Wildman–Crippen MR) is 56.0 cm³/mol. The zero-order chi connectivity index (χ0) is 8.74. The molecule has 0 heterocycles. The van der Waals surface area contributed by atoms with Gasteiger partial charge in [-0.2, -0.15) is 0 Å². The molecule has 1 heteroatoms. The average Bonchev–Trinajstić information content (AvgIpc) is 2.05. The Bertz CT molecular complexity index is 84.9. The molecule has 0 aliphatic heterocycles. The van der Waals surface area contributed by atoms with Crippen molar-refractivity contribution in [3.63, 3.8) is 0 Å². The van der Waals surface area contributed by atoms with Gasteiger partial charge in [0.15, 0.2) is 0 Å². The van der Waals surface area contributed by atoms with Crippen molar-refractivity contribution in [3.05, 3.63) is 0 Å². The van der Waals surface area contributed by atoms with E-state index in [9.17, 15) is 0 Å². The van der Waals surface area contributed by atoms with Crippen LogP contribution in [-0.2, 0) is 0 Å². The predicted octanol–water partition coefficient (Wildman–Crippen LogP) is 3.18. The van der Waals surface area contributed by atoms with Gasteiger partial charge >= 0.3 is 86.8 Å². The van der Waals surface area contributed by atoms with Crippen molar-refractivity contribution in [3.8, 4) is 0 Å². The number of rotatable bonds is 6. The second-order valence-electron chi connectivity index (χ2n) is 3.97.